The van der Waals surface area contributed by atoms with Crippen molar-refractivity contribution in [3.63, 3.8) is 0 Å². The van der Waals surface area contributed by atoms with Crippen LogP contribution in [-0.4, -0.2) is 15.7 Å². The zero-order valence-electron chi connectivity index (χ0n) is 14.5. The molecule has 0 aliphatic rings. The van der Waals surface area contributed by atoms with Crippen LogP contribution in [0.4, 0.5) is 5.69 Å². The maximum absolute atomic E-state index is 12.7. The number of nitrogens with zero attached hydrogens (tertiary/aromatic N) is 1. The van der Waals surface area contributed by atoms with E-state index in [4.69, 9.17) is 11.6 Å². The number of aryl methyl sites for hydroxylation is 1. The number of amides is 1. The Morgan fingerprint density at radius 2 is 1.96 bits per heavy atom. The van der Waals surface area contributed by atoms with E-state index in [1.807, 2.05) is 56.3 Å². The highest BCUT2D eigenvalue weighted by atomic mass is 35.5. The summed E-state index contributed by atoms with van der Waals surface area (Å²) in [5.74, 6) is -0.0472. The topological polar surface area (TPSA) is 51.1 Å². The van der Waals surface area contributed by atoms with E-state index in [0.717, 1.165) is 15.1 Å². The van der Waals surface area contributed by atoms with Gasteiger partial charge in [0.2, 0.25) is 5.91 Å². The lowest BCUT2D eigenvalue weighted by Gasteiger charge is -2.15. The molecule has 3 rings (SSSR count). The van der Waals surface area contributed by atoms with Gasteiger partial charge in [0, 0.05) is 22.2 Å². The highest BCUT2D eigenvalue weighted by molar-refractivity contribution is 8.00. The van der Waals surface area contributed by atoms with E-state index in [9.17, 15) is 9.59 Å². The average Bonchev–Trinajstić information content (AvgIpc) is 2.95. The molecule has 0 bridgehead atoms. The summed E-state index contributed by atoms with van der Waals surface area (Å²) in [6.45, 7) is 4.58. The molecule has 1 unspecified atom stereocenters. The van der Waals surface area contributed by atoms with Gasteiger partial charge in [-0.05, 0) is 55.8 Å². The summed E-state index contributed by atoms with van der Waals surface area (Å²) in [5, 5.41) is 3.45. The van der Waals surface area contributed by atoms with Crippen LogP contribution >= 0.6 is 34.7 Å². The Morgan fingerprint density at radius 3 is 2.62 bits per heavy atom. The van der Waals surface area contributed by atoms with E-state index in [1.165, 1.54) is 23.1 Å². The second kappa shape index (κ2) is 8.29. The van der Waals surface area contributed by atoms with Crippen molar-refractivity contribution in [1.82, 2.24) is 4.57 Å². The van der Waals surface area contributed by atoms with E-state index in [1.54, 1.807) is 4.57 Å². The van der Waals surface area contributed by atoms with Crippen LogP contribution in [0.25, 0.3) is 10.2 Å². The van der Waals surface area contributed by atoms with E-state index in [-0.39, 0.29) is 16.0 Å². The number of nitrogens with one attached hydrogen (secondary N) is 1. The summed E-state index contributed by atoms with van der Waals surface area (Å²) >= 11 is 8.63. The zero-order valence-corrected chi connectivity index (χ0v) is 16.9. The highest BCUT2D eigenvalue weighted by Gasteiger charge is 2.18. The fraction of sp³-hybridized carbons (Fsp3) is 0.263. The van der Waals surface area contributed by atoms with Crippen molar-refractivity contribution < 1.29 is 4.79 Å². The fourth-order valence-electron chi connectivity index (χ4n) is 2.67. The Labute approximate surface area is 165 Å². The summed E-state index contributed by atoms with van der Waals surface area (Å²) in [7, 11) is 0. The number of carbonyl (C=O) groups is 1. The third-order valence-corrected chi connectivity index (χ3v) is 6.58. The lowest BCUT2D eigenvalue weighted by atomic mass is 10.2. The largest absolute Gasteiger partial charge is 0.325 e. The number of benzene rings is 2. The van der Waals surface area contributed by atoms with Gasteiger partial charge in [0.1, 0.15) is 0 Å². The van der Waals surface area contributed by atoms with Crippen molar-refractivity contribution >= 4 is 56.5 Å². The van der Waals surface area contributed by atoms with Gasteiger partial charge in [-0.25, -0.2) is 0 Å². The third kappa shape index (κ3) is 4.14. The van der Waals surface area contributed by atoms with Crippen molar-refractivity contribution in [3.05, 3.63) is 57.2 Å². The molecule has 1 aromatic heterocycles. The molecule has 1 amide bonds. The van der Waals surface area contributed by atoms with Gasteiger partial charge in [-0.3, -0.25) is 14.2 Å². The highest BCUT2D eigenvalue weighted by Crippen LogP contribution is 2.28. The summed E-state index contributed by atoms with van der Waals surface area (Å²) in [6, 6.07) is 13.1. The predicted octanol–water partition coefficient (Wildman–Crippen LogP) is 5.25. The quantitative estimate of drug-likeness (QED) is 0.569. The first kappa shape index (κ1) is 19.0. The molecule has 1 atom stereocenters. The molecule has 0 saturated carbocycles. The number of fused-ring (bicyclic) bond motifs is 1. The minimum absolute atomic E-state index is 0.0238. The molecule has 7 heteroatoms. The van der Waals surface area contributed by atoms with Crippen LogP contribution in [0.1, 0.15) is 20.3 Å². The van der Waals surface area contributed by atoms with Crippen molar-refractivity contribution in [2.45, 2.75) is 37.0 Å². The normalized spacial score (nSPS) is 12.3. The Morgan fingerprint density at radius 1 is 1.23 bits per heavy atom. The Bertz CT molecular complexity index is 979. The van der Waals surface area contributed by atoms with Crippen molar-refractivity contribution in [2.24, 2.45) is 0 Å². The summed E-state index contributed by atoms with van der Waals surface area (Å²) < 4.78 is 2.62. The lowest BCUT2D eigenvalue weighted by molar-refractivity contribution is -0.115. The van der Waals surface area contributed by atoms with E-state index in [2.05, 4.69) is 5.32 Å². The van der Waals surface area contributed by atoms with Crippen LogP contribution in [0.2, 0.25) is 5.02 Å². The average molecular weight is 407 g/mol. The molecule has 0 spiro atoms. The molecule has 0 aliphatic heterocycles. The molecule has 1 N–H and O–H groups in total. The van der Waals surface area contributed by atoms with Crippen LogP contribution in [-0.2, 0) is 11.3 Å². The van der Waals surface area contributed by atoms with Gasteiger partial charge in [0.15, 0.2) is 0 Å². The van der Waals surface area contributed by atoms with Crippen LogP contribution in [0.5, 0.6) is 0 Å². The number of aromatic nitrogens is 1. The number of anilines is 1. The molecule has 0 saturated heterocycles. The predicted molar refractivity (Wildman–Crippen MR) is 112 cm³/mol. The molecule has 0 radical (unpaired) electrons. The number of thiazole rings is 1. The molecule has 3 aromatic rings. The van der Waals surface area contributed by atoms with Gasteiger partial charge < -0.3 is 5.32 Å². The third-order valence-electron chi connectivity index (χ3n) is 4.01. The van der Waals surface area contributed by atoms with Gasteiger partial charge in [-0.15, -0.1) is 11.8 Å². The summed E-state index contributed by atoms with van der Waals surface area (Å²) in [4.78, 5) is 25.7. The summed E-state index contributed by atoms with van der Waals surface area (Å²) in [6.07, 6.45) is 0.709. The SMILES string of the molecule is CCC(Sc1ccc(Cl)cc1)C(=O)Nc1ccc2c(c1)sc(=O)n2CC. The monoisotopic (exact) mass is 406 g/mol. The minimum atomic E-state index is -0.203. The molecule has 136 valence electrons. The van der Waals surface area contributed by atoms with E-state index >= 15 is 0 Å². The number of hydrogen-bond acceptors (Lipinski definition) is 4. The summed E-state index contributed by atoms with van der Waals surface area (Å²) in [5.41, 5.74) is 1.62. The van der Waals surface area contributed by atoms with E-state index < -0.39 is 0 Å². The first-order chi connectivity index (χ1) is 12.5. The number of halogens is 1. The Kier molecular flexibility index (Phi) is 6.06. The second-order valence-corrected chi connectivity index (χ2v) is 8.46. The number of rotatable bonds is 6. The number of hydrogen-bond donors (Lipinski definition) is 1. The minimum Gasteiger partial charge on any atom is -0.325 e. The fourth-order valence-corrected chi connectivity index (χ4v) is 4.74. The van der Waals surface area contributed by atoms with Gasteiger partial charge in [0.05, 0.1) is 15.5 Å². The molecule has 2 aromatic carbocycles. The van der Waals surface area contributed by atoms with E-state index in [0.29, 0.717) is 23.7 Å². The Balaban J connectivity index is 1.76. The first-order valence-corrected chi connectivity index (χ1v) is 10.5. The molecular weight excluding hydrogens is 388 g/mol. The van der Waals surface area contributed by atoms with Crippen molar-refractivity contribution in [2.75, 3.05) is 5.32 Å². The maximum Gasteiger partial charge on any atom is 0.308 e. The Hall–Kier alpha value is -1.76. The standard InChI is InChI=1S/C19H19ClN2O2S2/c1-3-16(25-14-8-5-12(20)6-9-14)18(23)21-13-7-10-15-17(11-13)26-19(24)22(15)4-2/h5-11,16H,3-4H2,1-2H3,(H,21,23). The smallest absolute Gasteiger partial charge is 0.308 e. The van der Waals surface area contributed by atoms with Crippen LogP contribution in [0.15, 0.2) is 52.2 Å². The van der Waals surface area contributed by atoms with Gasteiger partial charge in [-0.2, -0.15) is 0 Å². The van der Waals surface area contributed by atoms with Gasteiger partial charge in [0.25, 0.3) is 0 Å². The zero-order chi connectivity index (χ0) is 18.7. The molecule has 1 heterocycles. The molecular formula is C19H19ClN2O2S2. The number of thioether (sulfide) groups is 1. The second-order valence-electron chi connectivity index (χ2n) is 5.75. The molecule has 26 heavy (non-hydrogen) atoms. The van der Waals surface area contributed by atoms with Gasteiger partial charge in [-0.1, -0.05) is 29.9 Å². The van der Waals surface area contributed by atoms with Crippen LogP contribution in [0, 0.1) is 0 Å². The number of carbonyl (C=O) groups excluding carboxylic acids is 1. The maximum atomic E-state index is 12.7. The molecule has 0 aliphatic carbocycles. The van der Waals surface area contributed by atoms with Crippen LogP contribution < -0.4 is 10.2 Å². The molecule has 4 nitrogen and oxygen atoms in total. The lowest BCUT2D eigenvalue weighted by Crippen LogP contribution is -2.24. The van der Waals surface area contributed by atoms with Crippen molar-refractivity contribution in [3.8, 4) is 0 Å². The first-order valence-electron chi connectivity index (χ1n) is 8.38. The van der Waals surface area contributed by atoms with Gasteiger partial charge >= 0.3 is 4.87 Å². The molecule has 0 fully saturated rings. The van der Waals surface area contributed by atoms with Crippen LogP contribution in [0.3, 0.4) is 0 Å². The van der Waals surface area contributed by atoms with Crippen molar-refractivity contribution in [1.29, 1.82) is 0 Å².